The lowest BCUT2D eigenvalue weighted by molar-refractivity contribution is 0.0604. The summed E-state index contributed by atoms with van der Waals surface area (Å²) in [5.41, 5.74) is 2.93. The van der Waals surface area contributed by atoms with Crippen molar-refractivity contribution >= 4 is 63.1 Å². The molecule has 0 bridgehead atoms. The van der Waals surface area contributed by atoms with Gasteiger partial charge in [-0.1, -0.05) is 29.8 Å². The number of methoxy groups -OCH3 is 1. The largest absolute Gasteiger partial charge is 0.496 e. The highest BCUT2D eigenvalue weighted by Gasteiger charge is 2.33. The average molecular weight is 638 g/mol. The van der Waals surface area contributed by atoms with Gasteiger partial charge in [-0.25, -0.2) is 8.78 Å². The number of hydrogen-bond acceptors (Lipinski definition) is 5. The van der Waals surface area contributed by atoms with Crippen molar-refractivity contribution in [2.45, 2.75) is 49.2 Å². The molecule has 0 radical (unpaired) electrons. The van der Waals surface area contributed by atoms with E-state index in [1.807, 2.05) is 30.3 Å². The summed E-state index contributed by atoms with van der Waals surface area (Å²) in [6.07, 6.45) is 5.50. The number of thiophene rings is 1. The molecule has 0 atom stereocenters. The minimum atomic E-state index is -0.639. The Labute approximate surface area is 258 Å². The van der Waals surface area contributed by atoms with Gasteiger partial charge in [0.2, 0.25) is 0 Å². The monoisotopic (exact) mass is 636 g/mol. The molecular weight excluding hydrogens is 605 g/mol. The molecule has 4 nitrogen and oxygen atoms in total. The van der Waals surface area contributed by atoms with Crippen LogP contribution in [-0.4, -0.2) is 43.3 Å². The van der Waals surface area contributed by atoms with E-state index in [-0.39, 0.29) is 50.9 Å². The van der Waals surface area contributed by atoms with E-state index in [1.165, 1.54) is 4.90 Å². The van der Waals surface area contributed by atoms with Gasteiger partial charge >= 0.3 is 0 Å². The van der Waals surface area contributed by atoms with Crippen LogP contribution in [0.5, 0.6) is 5.75 Å². The number of thioether (sulfide) groups is 1. The number of nitrogens with one attached hydrogen (secondary N) is 1. The van der Waals surface area contributed by atoms with E-state index in [0.29, 0.717) is 11.8 Å². The van der Waals surface area contributed by atoms with E-state index in [2.05, 4.69) is 35.6 Å². The summed E-state index contributed by atoms with van der Waals surface area (Å²) in [5, 5.41) is 3.26. The summed E-state index contributed by atoms with van der Waals surface area (Å²) >= 11 is 9.17. The zero-order valence-corrected chi connectivity index (χ0v) is 26.2. The summed E-state index contributed by atoms with van der Waals surface area (Å²) in [4.78, 5) is 17.3. The fourth-order valence-electron chi connectivity index (χ4n) is 5.46. The highest BCUT2D eigenvalue weighted by atomic mass is 35.5. The van der Waals surface area contributed by atoms with E-state index in [9.17, 15) is 13.6 Å². The number of rotatable bonds is 8. The summed E-state index contributed by atoms with van der Waals surface area (Å²) in [6, 6.07) is 16.8. The van der Waals surface area contributed by atoms with Gasteiger partial charge in [-0.2, -0.15) is 0 Å². The van der Waals surface area contributed by atoms with Crippen LogP contribution >= 0.6 is 47.1 Å². The third kappa shape index (κ3) is 6.52. The van der Waals surface area contributed by atoms with Crippen molar-refractivity contribution in [1.82, 2.24) is 10.2 Å². The van der Waals surface area contributed by atoms with Crippen molar-refractivity contribution in [2.75, 3.05) is 20.4 Å². The number of benzene rings is 3. The second-order valence-corrected chi connectivity index (χ2v) is 12.2. The Bertz CT molecular complexity index is 1520. The van der Waals surface area contributed by atoms with Crippen molar-refractivity contribution in [3.05, 3.63) is 81.7 Å². The molecule has 3 aromatic carbocycles. The van der Waals surface area contributed by atoms with Gasteiger partial charge < -0.3 is 15.0 Å². The smallest absolute Gasteiger partial charge is 0.266 e. The normalized spacial score (nSPS) is 16.8. The fraction of sp³-hybridized carbons (Fsp3) is 0.323. The Kier molecular flexibility index (Phi) is 10.6. The van der Waals surface area contributed by atoms with Gasteiger partial charge in [0.25, 0.3) is 5.91 Å². The van der Waals surface area contributed by atoms with E-state index in [0.717, 1.165) is 65.8 Å². The Hall–Kier alpha value is -2.36. The van der Waals surface area contributed by atoms with Gasteiger partial charge in [0.1, 0.15) is 22.3 Å². The maximum absolute atomic E-state index is 14.6. The highest BCUT2D eigenvalue weighted by molar-refractivity contribution is 7.98. The van der Waals surface area contributed by atoms with E-state index >= 15 is 0 Å². The molecule has 1 amide bonds. The van der Waals surface area contributed by atoms with Gasteiger partial charge in [0.15, 0.2) is 0 Å². The molecule has 218 valence electrons. The van der Waals surface area contributed by atoms with E-state index in [1.54, 1.807) is 18.9 Å². The van der Waals surface area contributed by atoms with E-state index < -0.39 is 11.6 Å². The molecule has 1 aliphatic carbocycles. The molecule has 1 aliphatic rings. The van der Waals surface area contributed by atoms with Crippen LogP contribution in [0.4, 0.5) is 8.78 Å². The van der Waals surface area contributed by atoms with Crippen LogP contribution in [0, 0.1) is 11.6 Å². The quantitative estimate of drug-likeness (QED) is 0.196. The van der Waals surface area contributed by atoms with Crippen molar-refractivity contribution in [3.63, 3.8) is 0 Å². The van der Waals surface area contributed by atoms with Crippen LogP contribution in [0.1, 0.15) is 40.9 Å². The van der Waals surface area contributed by atoms with Gasteiger partial charge in [0.05, 0.1) is 22.2 Å². The van der Waals surface area contributed by atoms with Crippen molar-refractivity contribution in [2.24, 2.45) is 0 Å². The van der Waals surface area contributed by atoms with Crippen LogP contribution < -0.4 is 10.1 Å². The molecule has 1 heterocycles. The number of ether oxygens (including phenoxy) is 1. The van der Waals surface area contributed by atoms with Crippen LogP contribution in [0.3, 0.4) is 0 Å². The second kappa shape index (κ2) is 13.7. The number of amides is 1. The Morgan fingerprint density at radius 2 is 1.71 bits per heavy atom. The Morgan fingerprint density at radius 1 is 1.05 bits per heavy atom. The standard InChI is InChI=1S/C31H31ClF2N2O2S2.ClH/c1-35-21-7-9-22(10-8-21)36(31(37)30-28(32)27-24(33)13-14-25(34)29(27)40-30)17-20-16-19(6-15-26(20)38-2)18-4-11-23(39-3)12-5-18;/h4-6,11-16,21-22,35H,7-10,17H2,1-3H3;1H. The van der Waals surface area contributed by atoms with Gasteiger partial charge in [-0.05, 0) is 86.5 Å². The molecule has 5 rings (SSSR count). The van der Waals surface area contributed by atoms with Crippen LogP contribution in [0.15, 0.2) is 59.5 Å². The molecule has 4 aromatic rings. The summed E-state index contributed by atoms with van der Waals surface area (Å²) in [6.45, 7) is 0.281. The lowest BCUT2D eigenvalue weighted by Crippen LogP contribution is -2.44. The number of nitrogens with zero attached hydrogens (tertiary/aromatic N) is 1. The lowest BCUT2D eigenvalue weighted by atomic mass is 9.89. The average Bonchev–Trinajstić information content (AvgIpc) is 3.35. The zero-order valence-electron chi connectivity index (χ0n) is 23.0. The Balaban J connectivity index is 0.00000387. The lowest BCUT2D eigenvalue weighted by Gasteiger charge is -2.37. The number of hydrogen-bond donors (Lipinski definition) is 1. The summed E-state index contributed by atoms with van der Waals surface area (Å²) in [5.74, 6) is -0.884. The SMILES string of the molecule is CNC1CCC(N(Cc2cc(-c3ccc(SC)cc3)ccc2OC)C(=O)c2sc3c(F)ccc(F)c3c2Cl)CC1.Cl. The molecule has 1 N–H and O–H groups in total. The molecule has 1 aromatic heterocycles. The van der Waals surface area contributed by atoms with Crippen LogP contribution in [0.25, 0.3) is 21.2 Å². The first-order valence-electron chi connectivity index (χ1n) is 13.2. The second-order valence-electron chi connectivity index (χ2n) is 9.96. The first-order chi connectivity index (χ1) is 19.3. The van der Waals surface area contributed by atoms with Crippen molar-refractivity contribution in [1.29, 1.82) is 0 Å². The highest BCUT2D eigenvalue weighted by Crippen LogP contribution is 2.40. The number of fused-ring (bicyclic) bond motifs is 1. The molecule has 1 saturated carbocycles. The first kappa shape index (κ1) is 31.6. The minimum absolute atomic E-state index is 0. The van der Waals surface area contributed by atoms with E-state index in [4.69, 9.17) is 16.3 Å². The molecule has 0 unspecified atom stereocenters. The van der Waals surface area contributed by atoms with Gasteiger partial charge in [-0.15, -0.1) is 35.5 Å². The maximum Gasteiger partial charge on any atom is 0.266 e. The molecule has 0 aliphatic heterocycles. The third-order valence-corrected chi connectivity index (χ3v) is 10.1. The predicted octanol–water partition coefficient (Wildman–Crippen LogP) is 8.83. The molecule has 0 saturated heterocycles. The van der Waals surface area contributed by atoms with Gasteiger partial charge in [0, 0.05) is 29.1 Å². The van der Waals surface area contributed by atoms with Crippen molar-refractivity contribution < 1.29 is 18.3 Å². The van der Waals surface area contributed by atoms with Gasteiger partial charge in [-0.3, -0.25) is 4.79 Å². The van der Waals surface area contributed by atoms with Crippen LogP contribution in [0.2, 0.25) is 5.02 Å². The molecule has 0 spiro atoms. The molecule has 41 heavy (non-hydrogen) atoms. The van der Waals surface area contributed by atoms with Crippen molar-refractivity contribution in [3.8, 4) is 16.9 Å². The minimum Gasteiger partial charge on any atom is -0.496 e. The maximum atomic E-state index is 14.6. The third-order valence-electron chi connectivity index (χ3n) is 7.73. The molecule has 10 heteroatoms. The Morgan fingerprint density at radius 3 is 2.32 bits per heavy atom. The number of carbonyl (C=O) groups excluding carboxylic acids is 1. The first-order valence-corrected chi connectivity index (χ1v) is 15.6. The molecular formula is C31H32Cl2F2N2O2S2. The fourth-order valence-corrected chi connectivity index (χ4v) is 7.37. The summed E-state index contributed by atoms with van der Waals surface area (Å²) in [7, 11) is 3.57. The number of carbonyl (C=O) groups is 1. The predicted molar refractivity (Wildman–Crippen MR) is 169 cm³/mol. The summed E-state index contributed by atoms with van der Waals surface area (Å²) < 4.78 is 35.0. The number of halogens is 4. The topological polar surface area (TPSA) is 41.6 Å². The molecule has 1 fully saturated rings. The zero-order chi connectivity index (χ0) is 28.4. The van der Waals surface area contributed by atoms with Crippen LogP contribution in [-0.2, 0) is 6.54 Å².